The zero-order valence-corrected chi connectivity index (χ0v) is 17.8. The molecule has 3 N–H and O–H groups in total. The van der Waals surface area contributed by atoms with Crippen LogP contribution in [0, 0.1) is 0 Å². The number of nitrogens with zero attached hydrogens (tertiary/aromatic N) is 2. The van der Waals surface area contributed by atoms with E-state index in [0.29, 0.717) is 24.0 Å². The molecule has 0 spiro atoms. The molecule has 7 nitrogen and oxygen atoms in total. The maximum Gasteiger partial charge on any atom is 0.188 e. The molecule has 1 aliphatic rings. The van der Waals surface area contributed by atoms with Crippen LogP contribution in [0.2, 0.25) is 0 Å². The van der Waals surface area contributed by atoms with Gasteiger partial charge in [-0.1, -0.05) is 36.4 Å². The highest BCUT2D eigenvalue weighted by Crippen LogP contribution is 2.32. The van der Waals surface area contributed by atoms with E-state index in [1.807, 2.05) is 30.3 Å². The van der Waals surface area contributed by atoms with Crippen molar-refractivity contribution < 1.29 is 14.2 Å². The number of nitrogens with one attached hydrogen (secondary N) is 1. The molecule has 1 atom stereocenters. The summed E-state index contributed by atoms with van der Waals surface area (Å²) in [6, 6.07) is 16.4. The molecule has 0 bridgehead atoms. The zero-order chi connectivity index (χ0) is 21.2. The van der Waals surface area contributed by atoms with Crippen molar-refractivity contribution in [1.29, 1.82) is 0 Å². The van der Waals surface area contributed by atoms with Crippen molar-refractivity contribution in [3.8, 4) is 11.5 Å². The minimum absolute atomic E-state index is 0.0863. The second-order valence-electron chi connectivity index (χ2n) is 7.17. The molecule has 7 heteroatoms. The second kappa shape index (κ2) is 11.4. The van der Waals surface area contributed by atoms with Crippen LogP contribution in [-0.4, -0.2) is 64.5 Å². The predicted molar refractivity (Wildman–Crippen MR) is 119 cm³/mol. The molecular weight excluding hydrogens is 380 g/mol. The van der Waals surface area contributed by atoms with Gasteiger partial charge in [-0.15, -0.1) is 0 Å². The van der Waals surface area contributed by atoms with Crippen molar-refractivity contribution in [3.63, 3.8) is 0 Å². The topological polar surface area (TPSA) is 81.3 Å². The van der Waals surface area contributed by atoms with E-state index < -0.39 is 0 Å². The summed E-state index contributed by atoms with van der Waals surface area (Å²) in [6.07, 6.45) is 0.902. The lowest BCUT2D eigenvalue weighted by Crippen LogP contribution is -2.41. The summed E-state index contributed by atoms with van der Waals surface area (Å²) in [7, 11) is 3.29. The molecular formula is C23H32N4O3. The molecule has 2 aromatic carbocycles. The largest absolute Gasteiger partial charge is 0.493 e. The van der Waals surface area contributed by atoms with Crippen molar-refractivity contribution >= 4 is 5.96 Å². The highest BCUT2D eigenvalue weighted by Gasteiger charge is 2.23. The van der Waals surface area contributed by atoms with E-state index in [1.54, 1.807) is 14.2 Å². The first-order chi connectivity index (χ1) is 14.7. The average Bonchev–Trinajstić information content (AvgIpc) is 2.80. The first-order valence-electron chi connectivity index (χ1n) is 10.3. The molecule has 1 unspecified atom stereocenters. The Labute approximate surface area is 178 Å². The van der Waals surface area contributed by atoms with Gasteiger partial charge in [0.05, 0.1) is 40.0 Å². The Bertz CT molecular complexity index is 807. The molecule has 0 radical (unpaired) electrons. The van der Waals surface area contributed by atoms with Gasteiger partial charge in [0.15, 0.2) is 17.5 Å². The van der Waals surface area contributed by atoms with Crippen molar-refractivity contribution in [2.24, 2.45) is 10.7 Å². The van der Waals surface area contributed by atoms with Crippen LogP contribution in [0.25, 0.3) is 0 Å². The number of morpholine rings is 1. The van der Waals surface area contributed by atoms with Gasteiger partial charge in [-0.2, -0.15) is 0 Å². The van der Waals surface area contributed by atoms with Crippen LogP contribution < -0.4 is 20.5 Å². The van der Waals surface area contributed by atoms with Crippen molar-refractivity contribution in [2.45, 2.75) is 12.5 Å². The normalized spacial score (nSPS) is 16.1. The first-order valence-corrected chi connectivity index (χ1v) is 10.3. The van der Waals surface area contributed by atoms with Gasteiger partial charge in [0.25, 0.3) is 0 Å². The van der Waals surface area contributed by atoms with E-state index in [4.69, 9.17) is 19.9 Å². The van der Waals surface area contributed by atoms with Gasteiger partial charge in [0.2, 0.25) is 0 Å². The van der Waals surface area contributed by atoms with Gasteiger partial charge in [0, 0.05) is 19.6 Å². The minimum atomic E-state index is 0.0863. The van der Waals surface area contributed by atoms with Crippen molar-refractivity contribution in [2.75, 3.05) is 53.6 Å². The highest BCUT2D eigenvalue weighted by atomic mass is 16.5. The fourth-order valence-electron chi connectivity index (χ4n) is 3.60. The maximum atomic E-state index is 6.15. The number of nitrogens with two attached hydrogens (primary N) is 1. The number of aliphatic imine (C=N–C) groups is 1. The van der Waals surface area contributed by atoms with Crippen LogP contribution in [0.5, 0.6) is 11.5 Å². The van der Waals surface area contributed by atoms with Crippen LogP contribution >= 0.6 is 0 Å². The third-order valence-corrected chi connectivity index (χ3v) is 5.28. The quantitative estimate of drug-likeness (QED) is 0.486. The monoisotopic (exact) mass is 412 g/mol. The standard InChI is InChI=1S/C23H32N4O3/c1-28-21-9-8-19(16-22(21)29-2)20(27-12-14-30-15-13-27)17-26-23(24)25-11-10-18-6-4-3-5-7-18/h3-9,16,20H,10-15,17H2,1-2H3,(H3,24,25,26). The maximum absolute atomic E-state index is 6.15. The van der Waals surface area contributed by atoms with Crippen molar-refractivity contribution in [1.82, 2.24) is 10.2 Å². The predicted octanol–water partition coefficient (Wildman–Crippen LogP) is 2.22. The third kappa shape index (κ3) is 6.11. The average molecular weight is 413 g/mol. The number of hydrogen-bond donors (Lipinski definition) is 2. The zero-order valence-electron chi connectivity index (χ0n) is 17.8. The molecule has 30 heavy (non-hydrogen) atoms. The van der Waals surface area contributed by atoms with Crippen LogP contribution in [-0.2, 0) is 11.2 Å². The Morgan fingerprint density at radius 1 is 1.10 bits per heavy atom. The molecule has 3 rings (SSSR count). The summed E-state index contributed by atoms with van der Waals surface area (Å²) in [6.45, 7) is 4.46. The molecule has 0 aromatic heterocycles. The number of rotatable bonds is 9. The molecule has 0 saturated carbocycles. The van der Waals surface area contributed by atoms with Gasteiger partial charge < -0.3 is 25.3 Å². The van der Waals surface area contributed by atoms with Gasteiger partial charge >= 0.3 is 0 Å². The van der Waals surface area contributed by atoms with E-state index in [9.17, 15) is 0 Å². The lowest BCUT2D eigenvalue weighted by molar-refractivity contribution is 0.0179. The minimum Gasteiger partial charge on any atom is -0.493 e. The fourth-order valence-corrected chi connectivity index (χ4v) is 3.60. The summed E-state index contributed by atoms with van der Waals surface area (Å²) in [5, 5.41) is 3.22. The lowest BCUT2D eigenvalue weighted by atomic mass is 10.0. The van der Waals surface area contributed by atoms with E-state index in [1.165, 1.54) is 5.56 Å². The smallest absolute Gasteiger partial charge is 0.188 e. The van der Waals surface area contributed by atoms with Crippen molar-refractivity contribution in [3.05, 3.63) is 59.7 Å². The molecule has 1 heterocycles. The number of benzene rings is 2. The Morgan fingerprint density at radius 3 is 2.53 bits per heavy atom. The number of guanidine groups is 1. The molecule has 1 fully saturated rings. The van der Waals surface area contributed by atoms with Gasteiger partial charge in [0.1, 0.15) is 0 Å². The molecule has 1 saturated heterocycles. The molecule has 0 aliphatic carbocycles. The van der Waals surface area contributed by atoms with Gasteiger partial charge in [-0.3, -0.25) is 9.89 Å². The van der Waals surface area contributed by atoms with Crippen LogP contribution in [0.15, 0.2) is 53.5 Å². The fraction of sp³-hybridized carbons (Fsp3) is 0.435. The molecule has 1 aliphatic heterocycles. The second-order valence-corrected chi connectivity index (χ2v) is 7.17. The summed E-state index contributed by atoms with van der Waals surface area (Å²) in [5.41, 5.74) is 8.54. The Hall–Kier alpha value is -2.77. The Kier molecular flexibility index (Phi) is 8.35. The van der Waals surface area contributed by atoms with Gasteiger partial charge in [-0.05, 0) is 29.7 Å². The van der Waals surface area contributed by atoms with Crippen LogP contribution in [0.4, 0.5) is 0 Å². The highest BCUT2D eigenvalue weighted by molar-refractivity contribution is 5.77. The van der Waals surface area contributed by atoms with E-state index in [2.05, 4.69) is 33.4 Å². The molecule has 162 valence electrons. The van der Waals surface area contributed by atoms with E-state index in [0.717, 1.165) is 44.8 Å². The van der Waals surface area contributed by atoms with Crippen LogP contribution in [0.1, 0.15) is 17.2 Å². The van der Waals surface area contributed by atoms with Gasteiger partial charge in [-0.25, -0.2) is 0 Å². The van der Waals surface area contributed by atoms with Crippen LogP contribution in [0.3, 0.4) is 0 Å². The van der Waals surface area contributed by atoms with E-state index in [-0.39, 0.29) is 6.04 Å². The van der Waals surface area contributed by atoms with E-state index >= 15 is 0 Å². The Morgan fingerprint density at radius 2 is 1.83 bits per heavy atom. The number of hydrogen-bond acceptors (Lipinski definition) is 5. The molecule has 0 amide bonds. The third-order valence-electron chi connectivity index (χ3n) is 5.28. The number of ether oxygens (including phenoxy) is 3. The summed E-state index contributed by atoms with van der Waals surface area (Å²) < 4.78 is 16.4. The summed E-state index contributed by atoms with van der Waals surface area (Å²) >= 11 is 0. The number of methoxy groups -OCH3 is 2. The Balaban J connectivity index is 1.67. The SMILES string of the molecule is COc1ccc(C(CN=C(N)NCCc2ccccc2)N2CCOCC2)cc1OC. The lowest BCUT2D eigenvalue weighted by Gasteiger charge is -2.34. The first kappa shape index (κ1) is 21.9. The summed E-state index contributed by atoms with van der Waals surface area (Å²) in [5.74, 6) is 1.89. The summed E-state index contributed by atoms with van der Waals surface area (Å²) in [4.78, 5) is 7.01. The molecule has 2 aromatic rings.